The van der Waals surface area contributed by atoms with Crippen LogP contribution in [0.2, 0.25) is 0 Å². The quantitative estimate of drug-likeness (QED) is 0.277. The molecule has 0 spiro atoms. The van der Waals surface area contributed by atoms with E-state index in [-0.39, 0.29) is 21.7 Å². The number of fused-ring (bicyclic) bond motifs is 1. The molecule has 0 atom stereocenters. The van der Waals surface area contributed by atoms with Gasteiger partial charge in [0.15, 0.2) is 0 Å². The zero-order valence-electron chi connectivity index (χ0n) is 16.1. The van der Waals surface area contributed by atoms with E-state index in [9.17, 15) is 0 Å². The van der Waals surface area contributed by atoms with Crippen LogP contribution in [-0.4, -0.2) is 26.2 Å². The Balaban J connectivity index is 0. The minimum absolute atomic E-state index is 0. The first-order valence-corrected chi connectivity index (χ1v) is 9.16. The first-order chi connectivity index (χ1) is 11.3. The number of nitrogens with zero attached hydrogens (tertiary/aromatic N) is 2. The largest absolute Gasteiger partial charge is 3.00 e. The second-order valence-electron chi connectivity index (χ2n) is 5.50. The van der Waals surface area contributed by atoms with Crippen molar-refractivity contribution in [1.82, 2.24) is 0 Å². The van der Waals surface area contributed by atoms with Crippen molar-refractivity contribution in [3.63, 3.8) is 0 Å². The molecule has 0 aliphatic rings. The molecule has 0 heterocycles. The van der Waals surface area contributed by atoms with Crippen molar-refractivity contribution in [3.8, 4) is 0 Å². The molecule has 0 amide bonds. The topological polar surface area (TPSA) is 28.2 Å². The summed E-state index contributed by atoms with van der Waals surface area (Å²) in [5.74, 6) is 0. The Hall–Kier alpha value is -0.536. The third-order valence-corrected chi connectivity index (χ3v) is 3.07. The van der Waals surface area contributed by atoms with Gasteiger partial charge in [-0.15, -0.1) is 55.8 Å². The first kappa shape index (κ1) is 25.7. The van der Waals surface area contributed by atoms with Crippen LogP contribution in [0.1, 0.15) is 53.4 Å². The third-order valence-electron chi connectivity index (χ3n) is 3.07. The zero-order chi connectivity index (χ0) is 17.2. The molecule has 0 saturated carbocycles. The van der Waals surface area contributed by atoms with E-state index in [4.69, 9.17) is 0 Å². The molecule has 2 aromatic carbocycles. The fourth-order valence-corrected chi connectivity index (χ4v) is 1.93. The van der Waals surface area contributed by atoms with Gasteiger partial charge in [0.2, 0.25) is 0 Å². The van der Waals surface area contributed by atoms with Crippen molar-refractivity contribution in [2.24, 2.45) is 0 Å². The fourth-order valence-electron chi connectivity index (χ4n) is 1.93. The first-order valence-electron chi connectivity index (χ1n) is 9.16. The van der Waals surface area contributed by atoms with Crippen LogP contribution in [0.3, 0.4) is 0 Å². The molecule has 2 nitrogen and oxygen atoms in total. The van der Waals surface area contributed by atoms with E-state index in [1.165, 1.54) is 36.5 Å². The van der Waals surface area contributed by atoms with Gasteiger partial charge in [0.05, 0.1) is 0 Å². The zero-order valence-corrected chi connectivity index (χ0v) is 17.7. The average Bonchev–Trinajstić information content (AvgIpc) is 3.06. The monoisotopic (exact) mass is 363 g/mol. The number of hydrogen-bond donors (Lipinski definition) is 0. The second kappa shape index (κ2) is 20.5. The van der Waals surface area contributed by atoms with Gasteiger partial charge in [-0.1, -0.05) is 59.4 Å². The molecule has 0 unspecified atom stereocenters. The van der Waals surface area contributed by atoms with Crippen LogP contribution in [0, 0.1) is 0 Å². The predicted octanol–water partition coefficient (Wildman–Crippen LogP) is 6.92. The standard InChI is InChI=1S/C9H7.2C6H14N.Ti/c1-2-5-9-7-3-6-8(9)4-1;2*1-3-5-7-6-4-2;/h1-7H;2*3-6H2,1-2H3;/q3*-1;+3. The Bertz CT molecular complexity index is 406. The Morgan fingerprint density at radius 3 is 1.58 bits per heavy atom. The van der Waals surface area contributed by atoms with E-state index in [0.717, 1.165) is 26.2 Å². The van der Waals surface area contributed by atoms with Crippen LogP contribution >= 0.6 is 0 Å². The molecule has 0 bridgehead atoms. The molecule has 0 aromatic heterocycles. The van der Waals surface area contributed by atoms with Gasteiger partial charge in [-0.25, -0.2) is 0 Å². The van der Waals surface area contributed by atoms with Crippen LogP contribution in [0.4, 0.5) is 0 Å². The minimum Gasteiger partial charge on any atom is -0.662 e. The molecule has 3 heteroatoms. The Morgan fingerprint density at radius 1 is 0.708 bits per heavy atom. The molecule has 2 rings (SSSR count). The van der Waals surface area contributed by atoms with Crippen molar-refractivity contribution in [2.75, 3.05) is 26.2 Å². The smallest absolute Gasteiger partial charge is 0.662 e. The van der Waals surface area contributed by atoms with E-state index in [1.807, 2.05) is 0 Å². The van der Waals surface area contributed by atoms with Crippen molar-refractivity contribution >= 4 is 10.8 Å². The normalized spacial score (nSPS) is 9.33. The van der Waals surface area contributed by atoms with Crippen molar-refractivity contribution in [1.29, 1.82) is 0 Å². The van der Waals surface area contributed by atoms with Crippen molar-refractivity contribution in [2.45, 2.75) is 53.4 Å². The molecule has 0 aliphatic heterocycles. The summed E-state index contributed by atoms with van der Waals surface area (Å²) in [4.78, 5) is 0. The van der Waals surface area contributed by atoms with Crippen molar-refractivity contribution < 1.29 is 21.7 Å². The van der Waals surface area contributed by atoms with Gasteiger partial charge in [0.1, 0.15) is 0 Å². The second-order valence-corrected chi connectivity index (χ2v) is 5.50. The van der Waals surface area contributed by atoms with Gasteiger partial charge in [-0.3, -0.25) is 0 Å². The van der Waals surface area contributed by atoms with E-state index in [0.29, 0.717) is 0 Å². The third kappa shape index (κ3) is 15.0. The predicted molar refractivity (Wildman–Crippen MR) is 107 cm³/mol. The molecule has 0 aliphatic carbocycles. The molecule has 0 fully saturated rings. The van der Waals surface area contributed by atoms with E-state index in [2.05, 4.69) is 80.8 Å². The molecule has 133 valence electrons. The van der Waals surface area contributed by atoms with Crippen LogP contribution in [0.25, 0.3) is 21.4 Å². The van der Waals surface area contributed by atoms with E-state index in [1.54, 1.807) is 0 Å². The number of benzene rings is 1. The van der Waals surface area contributed by atoms with Gasteiger partial charge >= 0.3 is 21.7 Å². The van der Waals surface area contributed by atoms with Crippen LogP contribution < -0.4 is 0 Å². The summed E-state index contributed by atoms with van der Waals surface area (Å²) in [6.07, 6.45) is 4.78. The molecule has 2 aromatic rings. The summed E-state index contributed by atoms with van der Waals surface area (Å²) in [6.45, 7) is 12.8. The molecule has 1 radical (unpaired) electrons. The fraction of sp³-hybridized carbons (Fsp3) is 0.571. The summed E-state index contributed by atoms with van der Waals surface area (Å²) in [7, 11) is 0. The summed E-state index contributed by atoms with van der Waals surface area (Å²) in [5.41, 5.74) is 0. The summed E-state index contributed by atoms with van der Waals surface area (Å²) in [5, 5.41) is 11.1. The van der Waals surface area contributed by atoms with Gasteiger partial charge in [-0.2, -0.15) is 17.5 Å². The molecule has 0 saturated heterocycles. The molecule has 0 N–H and O–H groups in total. The maximum absolute atomic E-state index is 4.21. The average molecular weight is 363 g/mol. The number of hydrogen-bond acceptors (Lipinski definition) is 0. The van der Waals surface area contributed by atoms with E-state index < -0.39 is 0 Å². The van der Waals surface area contributed by atoms with Gasteiger partial charge in [-0.05, 0) is 0 Å². The van der Waals surface area contributed by atoms with Crippen LogP contribution in [0.5, 0.6) is 0 Å². The molecule has 24 heavy (non-hydrogen) atoms. The van der Waals surface area contributed by atoms with Gasteiger partial charge in [0.25, 0.3) is 0 Å². The van der Waals surface area contributed by atoms with Crippen LogP contribution in [-0.2, 0) is 21.7 Å². The SMILES string of the molecule is CCC[N-]CCC.CCC[N-]CCC.[Ti+3].c1ccc2[cH-]ccc2c1. The summed E-state index contributed by atoms with van der Waals surface area (Å²) < 4.78 is 0. The maximum Gasteiger partial charge on any atom is 3.00 e. The van der Waals surface area contributed by atoms with Gasteiger partial charge < -0.3 is 10.6 Å². The Morgan fingerprint density at radius 2 is 1.17 bits per heavy atom. The molecular formula is C21H35N2Ti. The minimum atomic E-state index is 0. The number of rotatable bonds is 8. The Labute approximate surface area is 165 Å². The maximum atomic E-state index is 4.21. The summed E-state index contributed by atoms with van der Waals surface area (Å²) in [6, 6.07) is 14.7. The van der Waals surface area contributed by atoms with Crippen LogP contribution in [0.15, 0.2) is 42.5 Å². The van der Waals surface area contributed by atoms with Crippen molar-refractivity contribution in [3.05, 3.63) is 53.1 Å². The molecular weight excluding hydrogens is 328 g/mol. The van der Waals surface area contributed by atoms with Gasteiger partial charge in [0, 0.05) is 0 Å². The summed E-state index contributed by atoms with van der Waals surface area (Å²) >= 11 is 0. The Kier molecular flexibility index (Phi) is 22.0. The van der Waals surface area contributed by atoms with E-state index >= 15 is 0 Å².